The maximum absolute atomic E-state index is 13.1. The molecule has 0 aromatic heterocycles. The molecule has 1 aliphatic rings. The molecule has 0 atom stereocenters. The van der Waals surface area contributed by atoms with Crippen molar-refractivity contribution in [3.8, 4) is 16.9 Å². The number of nitrogens with one attached hydrogen (secondary N) is 2. The summed E-state index contributed by atoms with van der Waals surface area (Å²) < 4.78 is 38.8. The second-order valence-corrected chi connectivity index (χ2v) is 14.8. The highest BCUT2D eigenvalue weighted by Crippen LogP contribution is 2.32. The summed E-state index contributed by atoms with van der Waals surface area (Å²) in [7, 11) is -1.44. The number of hydrogen-bond acceptors (Lipinski definition) is 11. The number of hydrogen-bond donors (Lipinski definition) is 2. The van der Waals surface area contributed by atoms with Gasteiger partial charge in [-0.25, -0.2) is 17.9 Å². The number of thioether (sulfide) groups is 1. The van der Waals surface area contributed by atoms with Crippen molar-refractivity contribution in [3.63, 3.8) is 0 Å². The van der Waals surface area contributed by atoms with E-state index in [1.165, 1.54) is 31.4 Å². The standard InChI is InChI=1S/C37H41N5O8S2/c1-49-35-25-27(7-6-19-40-20-22-41(23-21-40)37(44)50-2)10-16-32(35)28-11-13-29(14-12-28)36(43)39-52(47,48)31-15-17-33(34(26-31)42(45)46)38-18-24-51-30-8-4-3-5-9-30/h3-5,8-17,25-26,38H,6-7,18-24H2,1-2H3,(H,39,43). The van der Waals surface area contributed by atoms with Gasteiger partial charge in [0.2, 0.25) is 0 Å². The van der Waals surface area contributed by atoms with Crippen molar-refractivity contribution in [2.45, 2.75) is 22.6 Å². The van der Waals surface area contributed by atoms with E-state index in [2.05, 4.69) is 10.2 Å². The lowest BCUT2D eigenvalue weighted by molar-refractivity contribution is -0.384. The Bertz CT molecular complexity index is 1970. The first-order valence-electron chi connectivity index (χ1n) is 16.7. The SMILES string of the molecule is COC(=O)N1CCN(CCCc2ccc(-c3ccc(C(=O)NS(=O)(=O)c4ccc(NCCSc5ccccc5)c([N+](=O)[O-])c4)cc3)c(OC)c2)CC1. The summed E-state index contributed by atoms with van der Waals surface area (Å²) in [6, 6.07) is 25.6. The number of ether oxygens (including phenoxy) is 2. The van der Waals surface area contributed by atoms with Crippen LogP contribution in [0, 0.1) is 10.1 Å². The number of anilines is 1. The normalized spacial score (nSPS) is 13.3. The van der Waals surface area contributed by atoms with Crippen molar-refractivity contribution in [3.05, 3.63) is 112 Å². The van der Waals surface area contributed by atoms with Crippen LogP contribution >= 0.6 is 11.8 Å². The summed E-state index contributed by atoms with van der Waals surface area (Å²) in [4.78, 5) is 40.6. The number of amides is 2. The van der Waals surface area contributed by atoms with Crippen molar-refractivity contribution in [2.24, 2.45) is 0 Å². The molecule has 4 aromatic carbocycles. The lowest BCUT2D eigenvalue weighted by Crippen LogP contribution is -2.48. The van der Waals surface area contributed by atoms with Crippen LogP contribution in [0.4, 0.5) is 16.2 Å². The molecular formula is C37H41N5O8S2. The van der Waals surface area contributed by atoms with Gasteiger partial charge in [-0.15, -0.1) is 11.8 Å². The number of aryl methyl sites for hydroxylation is 1. The second-order valence-electron chi connectivity index (χ2n) is 12.0. The molecule has 13 nitrogen and oxygen atoms in total. The first-order chi connectivity index (χ1) is 25.1. The number of benzene rings is 4. The predicted molar refractivity (Wildman–Crippen MR) is 201 cm³/mol. The fraction of sp³-hybridized carbons (Fsp3) is 0.297. The number of nitro groups is 1. The Labute approximate surface area is 307 Å². The monoisotopic (exact) mass is 747 g/mol. The van der Waals surface area contributed by atoms with E-state index in [0.717, 1.165) is 60.1 Å². The number of nitro benzene ring substituents is 1. The summed E-state index contributed by atoms with van der Waals surface area (Å²) >= 11 is 1.58. The summed E-state index contributed by atoms with van der Waals surface area (Å²) in [5.41, 5.74) is 2.55. The van der Waals surface area contributed by atoms with Crippen molar-refractivity contribution < 1.29 is 32.4 Å². The zero-order valence-corrected chi connectivity index (χ0v) is 30.6. The second kappa shape index (κ2) is 17.9. The van der Waals surface area contributed by atoms with Gasteiger partial charge in [-0.05, 0) is 73.0 Å². The molecule has 0 aliphatic carbocycles. The van der Waals surface area contributed by atoms with E-state index in [0.29, 0.717) is 31.1 Å². The molecule has 52 heavy (non-hydrogen) atoms. The molecule has 274 valence electrons. The summed E-state index contributed by atoms with van der Waals surface area (Å²) in [5.74, 6) is 0.427. The molecule has 1 fully saturated rings. The van der Waals surface area contributed by atoms with Crippen LogP contribution in [0.5, 0.6) is 5.75 Å². The third-order valence-corrected chi connectivity index (χ3v) is 10.9. The summed E-state index contributed by atoms with van der Waals surface area (Å²) in [5, 5.41) is 14.8. The van der Waals surface area contributed by atoms with Crippen molar-refractivity contribution in [1.29, 1.82) is 0 Å². The molecule has 0 spiro atoms. The zero-order valence-electron chi connectivity index (χ0n) is 28.9. The lowest BCUT2D eigenvalue weighted by atomic mass is 9.99. The van der Waals surface area contributed by atoms with Crippen molar-refractivity contribution in [2.75, 3.05) is 64.6 Å². The minimum atomic E-state index is -4.42. The molecule has 1 heterocycles. The first kappa shape index (κ1) is 38.1. The average Bonchev–Trinajstić information content (AvgIpc) is 3.16. The molecule has 0 unspecified atom stereocenters. The molecule has 4 aromatic rings. The van der Waals surface area contributed by atoms with Gasteiger partial charge in [0.15, 0.2) is 0 Å². The van der Waals surface area contributed by atoms with Crippen LogP contribution in [0.15, 0.2) is 101 Å². The predicted octanol–water partition coefficient (Wildman–Crippen LogP) is 5.91. The topological polar surface area (TPSA) is 160 Å². The number of methoxy groups -OCH3 is 2. The van der Waals surface area contributed by atoms with Crippen molar-refractivity contribution >= 4 is 45.2 Å². The maximum atomic E-state index is 13.1. The molecule has 2 amide bonds. The largest absolute Gasteiger partial charge is 0.496 e. The van der Waals surface area contributed by atoms with Crippen LogP contribution in [0.25, 0.3) is 11.1 Å². The third-order valence-electron chi connectivity index (χ3n) is 8.60. The Morgan fingerprint density at radius 1 is 0.923 bits per heavy atom. The number of piperazine rings is 1. The Morgan fingerprint density at radius 3 is 2.33 bits per heavy atom. The number of carbonyl (C=O) groups is 2. The highest BCUT2D eigenvalue weighted by molar-refractivity contribution is 7.99. The summed E-state index contributed by atoms with van der Waals surface area (Å²) in [6.45, 7) is 4.23. The van der Waals surface area contributed by atoms with E-state index >= 15 is 0 Å². The maximum Gasteiger partial charge on any atom is 0.409 e. The molecule has 0 bridgehead atoms. The average molecular weight is 748 g/mol. The summed E-state index contributed by atoms with van der Waals surface area (Å²) in [6.07, 6.45) is 1.50. The van der Waals surface area contributed by atoms with Gasteiger partial charge in [0.1, 0.15) is 11.4 Å². The minimum Gasteiger partial charge on any atom is -0.496 e. The minimum absolute atomic E-state index is 0.0963. The Hall–Kier alpha value is -5.12. The van der Waals surface area contributed by atoms with E-state index < -0.39 is 31.4 Å². The van der Waals surface area contributed by atoms with Crippen LogP contribution in [-0.4, -0.2) is 94.4 Å². The molecule has 0 radical (unpaired) electrons. The lowest BCUT2D eigenvalue weighted by Gasteiger charge is -2.33. The molecule has 1 aliphatic heterocycles. The number of rotatable bonds is 15. The van der Waals surface area contributed by atoms with Gasteiger partial charge < -0.3 is 19.7 Å². The van der Waals surface area contributed by atoms with E-state index in [4.69, 9.17) is 9.47 Å². The van der Waals surface area contributed by atoms with E-state index in [1.807, 2.05) is 53.3 Å². The van der Waals surface area contributed by atoms with Gasteiger partial charge in [0.05, 0.1) is 24.0 Å². The Balaban J connectivity index is 1.16. The van der Waals surface area contributed by atoms with Gasteiger partial charge in [0.25, 0.3) is 21.6 Å². The molecule has 15 heteroatoms. The molecule has 1 saturated heterocycles. The first-order valence-corrected chi connectivity index (χ1v) is 19.1. The highest BCUT2D eigenvalue weighted by atomic mass is 32.2. The van der Waals surface area contributed by atoms with Crippen molar-refractivity contribution in [1.82, 2.24) is 14.5 Å². The van der Waals surface area contributed by atoms with Crippen LogP contribution in [-0.2, 0) is 21.2 Å². The quantitative estimate of drug-likeness (QED) is 0.0644. The van der Waals surface area contributed by atoms with Crippen LogP contribution in [0.3, 0.4) is 0 Å². The third kappa shape index (κ3) is 10.0. The molecule has 5 rings (SSSR count). The number of sulfonamides is 1. The van der Waals surface area contributed by atoms with E-state index in [-0.39, 0.29) is 17.3 Å². The van der Waals surface area contributed by atoms with E-state index in [1.54, 1.807) is 35.9 Å². The van der Waals surface area contributed by atoms with Gasteiger partial charge >= 0.3 is 6.09 Å². The highest BCUT2D eigenvalue weighted by Gasteiger charge is 2.24. The Morgan fingerprint density at radius 2 is 1.65 bits per heavy atom. The van der Waals surface area contributed by atoms with Gasteiger partial charge in [0, 0.05) is 60.6 Å². The van der Waals surface area contributed by atoms with Crippen LogP contribution in [0.2, 0.25) is 0 Å². The Kier molecular flexibility index (Phi) is 13.1. The molecule has 2 N–H and O–H groups in total. The molecule has 0 saturated carbocycles. The fourth-order valence-electron chi connectivity index (χ4n) is 5.81. The van der Waals surface area contributed by atoms with Crippen LogP contribution < -0.4 is 14.8 Å². The fourth-order valence-corrected chi connectivity index (χ4v) is 7.59. The smallest absolute Gasteiger partial charge is 0.409 e. The van der Waals surface area contributed by atoms with Crippen LogP contribution in [0.1, 0.15) is 22.3 Å². The number of carbonyl (C=O) groups excluding carboxylic acids is 2. The zero-order chi connectivity index (χ0) is 37.1. The van der Waals surface area contributed by atoms with Gasteiger partial charge in [-0.1, -0.05) is 42.5 Å². The van der Waals surface area contributed by atoms with Gasteiger partial charge in [-0.3, -0.25) is 19.8 Å². The van der Waals surface area contributed by atoms with Gasteiger partial charge in [-0.2, -0.15) is 0 Å². The number of nitrogens with zero attached hydrogens (tertiary/aromatic N) is 3. The van der Waals surface area contributed by atoms with E-state index in [9.17, 15) is 28.1 Å². The molecular weight excluding hydrogens is 707 g/mol.